The summed E-state index contributed by atoms with van der Waals surface area (Å²) < 4.78 is 4.89. The van der Waals surface area contributed by atoms with Crippen molar-refractivity contribution in [3.05, 3.63) is 0 Å². The Hall–Kier alpha value is -0.260. The van der Waals surface area contributed by atoms with Crippen molar-refractivity contribution in [2.45, 2.75) is 25.5 Å². The minimum Gasteiger partial charge on any atom is -0.396 e. The maximum atomic E-state index is 11.6. The summed E-state index contributed by atoms with van der Waals surface area (Å²) in [4.78, 5) is 11.6. The first-order valence-electron chi connectivity index (χ1n) is 5.61. The van der Waals surface area contributed by atoms with Gasteiger partial charge in [0.2, 0.25) is 5.91 Å². The Morgan fingerprint density at radius 3 is 2.75 bits per heavy atom. The number of hydrogen-bond acceptors (Lipinski definition) is 4. The molecule has 16 heavy (non-hydrogen) atoms. The molecule has 0 aliphatic carbocycles. The molecule has 2 atom stereocenters. The van der Waals surface area contributed by atoms with Crippen LogP contribution in [-0.4, -0.2) is 48.9 Å². The van der Waals surface area contributed by atoms with Gasteiger partial charge in [-0.3, -0.25) is 4.79 Å². The van der Waals surface area contributed by atoms with Gasteiger partial charge in [0.1, 0.15) is 0 Å². The molecule has 2 N–H and O–H groups in total. The zero-order valence-electron chi connectivity index (χ0n) is 10.4. The third-order valence-corrected chi connectivity index (χ3v) is 3.61. The molecule has 5 heteroatoms. The first kappa shape index (κ1) is 15.7. The lowest BCUT2D eigenvalue weighted by molar-refractivity contribution is -0.120. The van der Waals surface area contributed by atoms with E-state index in [2.05, 4.69) is 5.32 Å². The second-order valence-corrected chi connectivity index (χ2v) is 5.27. The number of aliphatic hydroxyl groups excluding tert-OH is 1. The van der Waals surface area contributed by atoms with Crippen LogP contribution in [-0.2, 0) is 9.53 Å². The van der Waals surface area contributed by atoms with Gasteiger partial charge in [-0.25, -0.2) is 0 Å². The van der Waals surface area contributed by atoms with Gasteiger partial charge in [-0.15, -0.1) is 11.8 Å². The van der Waals surface area contributed by atoms with E-state index in [1.54, 1.807) is 18.9 Å². The number of aliphatic hydroxyl groups is 1. The number of rotatable bonds is 9. The van der Waals surface area contributed by atoms with Crippen molar-refractivity contribution in [3.8, 4) is 0 Å². The molecular formula is C11H23NO3S. The number of nitrogens with one attached hydrogen (secondary N) is 1. The first-order chi connectivity index (χ1) is 7.61. The molecule has 0 aromatic rings. The van der Waals surface area contributed by atoms with Crippen LogP contribution in [0.25, 0.3) is 0 Å². The summed E-state index contributed by atoms with van der Waals surface area (Å²) in [5.41, 5.74) is 0. The fourth-order valence-electron chi connectivity index (χ4n) is 1.01. The number of amides is 1. The summed E-state index contributed by atoms with van der Waals surface area (Å²) in [6.07, 6.45) is 0.840. The van der Waals surface area contributed by atoms with Gasteiger partial charge in [-0.1, -0.05) is 6.92 Å². The van der Waals surface area contributed by atoms with Crippen LogP contribution in [0.5, 0.6) is 0 Å². The predicted molar refractivity (Wildman–Crippen MR) is 67.7 cm³/mol. The van der Waals surface area contributed by atoms with Crippen molar-refractivity contribution < 1.29 is 14.6 Å². The Bertz CT molecular complexity index is 190. The van der Waals surface area contributed by atoms with Crippen LogP contribution in [0.2, 0.25) is 0 Å². The van der Waals surface area contributed by atoms with E-state index in [0.717, 1.165) is 12.2 Å². The summed E-state index contributed by atoms with van der Waals surface area (Å²) in [5, 5.41) is 11.7. The molecule has 0 heterocycles. The van der Waals surface area contributed by atoms with E-state index >= 15 is 0 Å². The van der Waals surface area contributed by atoms with E-state index in [1.807, 2.05) is 13.8 Å². The van der Waals surface area contributed by atoms with Crippen LogP contribution >= 0.6 is 11.8 Å². The zero-order chi connectivity index (χ0) is 12.4. The molecule has 0 spiro atoms. The average Bonchev–Trinajstić information content (AvgIpc) is 2.30. The Labute approximate surface area is 102 Å². The monoisotopic (exact) mass is 249 g/mol. The Balaban J connectivity index is 3.57. The van der Waals surface area contributed by atoms with Crippen molar-refractivity contribution in [1.82, 2.24) is 5.32 Å². The maximum absolute atomic E-state index is 11.6. The Kier molecular flexibility index (Phi) is 9.77. The number of carbonyl (C=O) groups excluding carboxylic acids is 1. The fraction of sp³-hybridized carbons (Fsp3) is 0.909. The Morgan fingerprint density at radius 1 is 1.50 bits per heavy atom. The number of thioether (sulfide) groups is 1. The van der Waals surface area contributed by atoms with Crippen LogP contribution in [0.1, 0.15) is 20.3 Å². The fourth-order valence-corrected chi connectivity index (χ4v) is 1.97. The highest BCUT2D eigenvalue weighted by atomic mass is 32.2. The van der Waals surface area contributed by atoms with E-state index in [-0.39, 0.29) is 23.7 Å². The summed E-state index contributed by atoms with van der Waals surface area (Å²) in [6.45, 7) is 5.36. The summed E-state index contributed by atoms with van der Waals surface area (Å²) in [6, 6.07) is 0. The van der Waals surface area contributed by atoms with Crippen LogP contribution < -0.4 is 5.32 Å². The molecule has 0 fully saturated rings. The van der Waals surface area contributed by atoms with Crippen molar-refractivity contribution in [1.29, 1.82) is 0 Å². The SMILES string of the molecule is COCCCNC(=O)C(C)SCC(C)CO. The van der Waals surface area contributed by atoms with Gasteiger partial charge >= 0.3 is 0 Å². The van der Waals surface area contributed by atoms with Gasteiger partial charge in [-0.05, 0) is 25.0 Å². The van der Waals surface area contributed by atoms with Crippen LogP contribution in [0.4, 0.5) is 0 Å². The zero-order valence-corrected chi connectivity index (χ0v) is 11.2. The molecule has 0 saturated heterocycles. The lowest BCUT2D eigenvalue weighted by Crippen LogP contribution is -2.32. The molecule has 0 aromatic carbocycles. The minimum atomic E-state index is -0.0588. The van der Waals surface area contributed by atoms with E-state index in [0.29, 0.717) is 13.2 Å². The summed E-state index contributed by atoms with van der Waals surface area (Å²) >= 11 is 1.58. The molecule has 2 unspecified atom stereocenters. The van der Waals surface area contributed by atoms with E-state index in [9.17, 15) is 4.79 Å². The summed E-state index contributed by atoms with van der Waals surface area (Å²) in [5.74, 6) is 1.11. The first-order valence-corrected chi connectivity index (χ1v) is 6.65. The molecule has 0 radical (unpaired) electrons. The van der Waals surface area contributed by atoms with Gasteiger partial charge in [0.05, 0.1) is 5.25 Å². The lowest BCUT2D eigenvalue weighted by Gasteiger charge is -2.13. The normalized spacial score (nSPS) is 14.5. The quantitative estimate of drug-likeness (QED) is 0.596. The second kappa shape index (κ2) is 9.93. The minimum absolute atomic E-state index is 0.0588. The molecule has 0 bridgehead atoms. The van der Waals surface area contributed by atoms with Crippen molar-refractivity contribution >= 4 is 17.7 Å². The molecule has 4 nitrogen and oxygen atoms in total. The van der Waals surface area contributed by atoms with E-state index in [1.165, 1.54) is 0 Å². The highest BCUT2D eigenvalue weighted by molar-refractivity contribution is 8.00. The molecule has 1 amide bonds. The van der Waals surface area contributed by atoms with Gasteiger partial charge < -0.3 is 15.2 Å². The second-order valence-electron chi connectivity index (χ2n) is 3.90. The standard InChI is InChI=1S/C11H23NO3S/c1-9(7-13)8-16-10(2)11(14)12-5-4-6-15-3/h9-10,13H,4-8H2,1-3H3,(H,12,14). The molecule has 0 aliphatic heterocycles. The average molecular weight is 249 g/mol. The molecular weight excluding hydrogens is 226 g/mol. The highest BCUT2D eigenvalue weighted by Gasteiger charge is 2.13. The maximum Gasteiger partial charge on any atom is 0.232 e. The number of methoxy groups -OCH3 is 1. The van der Waals surface area contributed by atoms with Crippen molar-refractivity contribution in [2.24, 2.45) is 5.92 Å². The molecule has 0 saturated carbocycles. The third-order valence-electron chi connectivity index (χ3n) is 2.14. The molecule has 0 aromatic heterocycles. The van der Waals surface area contributed by atoms with Gasteiger partial charge in [-0.2, -0.15) is 0 Å². The van der Waals surface area contributed by atoms with Crippen LogP contribution in [0.15, 0.2) is 0 Å². The number of hydrogen-bond donors (Lipinski definition) is 2. The summed E-state index contributed by atoms with van der Waals surface area (Å²) in [7, 11) is 1.65. The van der Waals surface area contributed by atoms with Gasteiger partial charge in [0.15, 0.2) is 0 Å². The number of carbonyl (C=O) groups is 1. The van der Waals surface area contributed by atoms with E-state index < -0.39 is 0 Å². The Morgan fingerprint density at radius 2 is 2.19 bits per heavy atom. The third kappa shape index (κ3) is 7.96. The van der Waals surface area contributed by atoms with Crippen LogP contribution in [0.3, 0.4) is 0 Å². The molecule has 0 aliphatic rings. The van der Waals surface area contributed by atoms with Crippen molar-refractivity contribution in [3.63, 3.8) is 0 Å². The molecule has 0 rings (SSSR count). The smallest absolute Gasteiger partial charge is 0.232 e. The predicted octanol–water partition coefficient (Wildman–Crippen LogP) is 0.889. The topological polar surface area (TPSA) is 58.6 Å². The van der Waals surface area contributed by atoms with E-state index in [4.69, 9.17) is 9.84 Å². The van der Waals surface area contributed by atoms with Crippen molar-refractivity contribution in [2.75, 3.05) is 32.6 Å². The van der Waals surface area contributed by atoms with Gasteiger partial charge in [0, 0.05) is 26.9 Å². The van der Waals surface area contributed by atoms with Gasteiger partial charge in [0.25, 0.3) is 0 Å². The highest BCUT2D eigenvalue weighted by Crippen LogP contribution is 2.14. The molecule has 96 valence electrons. The van der Waals surface area contributed by atoms with Crippen LogP contribution in [0, 0.1) is 5.92 Å². The lowest BCUT2D eigenvalue weighted by atomic mass is 10.2. The largest absolute Gasteiger partial charge is 0.396 e. The number of ether oxygens (including phenoxy) is 1.